The van der Waals surface area contributed by atoms with Gasteiger partial charge in [0, 0.05) is 37.4 Å². The van der Waals surface area contributed by atoms with E-state index in [0.717, 1.165) is 11.2 Å². The van der Waals surface area contributed by atoms with E-state index in [1.807, 2.05) is 29.6 Å². The van der Waals surface area contributed by atoms with E-state index in [1.54, 1.807) is 24.4 Å². The number of methoxy groups -OCH3 is 1. The number of rotatable bonds is 7. The maximum atomic E-state index is 12.7. The van der Waals surface area contributed by atoms with Crippen LogP contribution in [0.25, 0.3) is 10.9 Å². The number of aliphatic hydroxyl groups excluding tert-OH is 1. The lowest BCUT2D eigenvalue weighted by Gasteiger charge is -2.18. The lowest BCUT2D eigenvalue weighted by atomic mass is 10.2. The van der Waals surface area contributed by atoms with Crippen molar-refractivity contribution < 1.29 is 19.4 Å². The van der Waals surface area contributed by atoms with Crippen molar-refractivity contribution in [2.45, 2.75) is 12.6 Å². The number of aromatic nitrogens is 3. The molecule has 0 radical (unpaired) electrons. The SMILES string of the molecule is COc1c(OCC(O)CN(C)C)ccc2c3n(c(=NC(=O)c4cccnc4)nc12)CCN3. The number of aliphatic hydroxyl groups is 1. The van der Waals surface area contributed by atoms with Crippen molar-refractivity contribution in [3.05, 3.63) is 47.8 Å². The summed E-state index contributed by atoms with van der Waals surface area (Å²) in [6, 6.07) is 7.03. The Morgan fingerprint density at radius 3 is 2.94 bits per heavy atom. The van der Waals surface area contributed by atoms with Gasteiger partial charge in [-0.25, -0.2) is 4.98 Å². The smallest absolute Gasteiger partial charge is 0.281 e. The summed E-state index contributed by atoms with van der Waals surface area (Å²) in [6.45, 7) is 1.91. The van der Waals surface area contributed by atoms with Crippen LogP contribution in [0.2, 0.25) is 0 Å². The maximum Gasteiger partial charge on any atom is 0.281 e. The summed E-state index contributed by atoms with van der Waals surface area (Å²) in [6.07, 6.45) is 2.42. The van der Waals surface area contributed by atoms with Gasteiger partial charge in [0.2, 0.25) is 5.62 Å². The second-order valence-electron chi connectivity index (χ2n) is 7.72. The lowest BCUT2D eigenvalue weighted by Crippen LogP contribution is -2.30. The minimum atomic E-state index is -0.654. The summed E-state index contributed by atoms with van der Waals surface area (Å²) >= 11 is 0. The van der Waals surface area contributed by atoms with Crippen molar-refractivity contribution in [2.24, 2.45) is 4.99 Å². The molecule has 1 aliphatic heterocycles. The van der Waals surface area contributed by atoms with Gasteiger partial charge in [0.1, 0.15) is 24.0 Å². The second-order valence-corrected chi connectivity index (χ2v) is 7.72. The quantitative estimate of drug-likeness (QED) is 0.560. The number of carbonyl (C=O) groups is 1. The standard InChI is InChI=1S/C22H26N6O4/c1-27(2)12-15(29)13-32-17-7-6-16-18(19(17)31-3)25-22(28-10-9-24-20(16)28)26-21(30)14-5-4-8-23-11-14/h4-8,11,15,24,29H,9-10,12-13H2,1-3H3. The molecule has 0 fully saturated rings. The third-order valence-corrected chi connectivity index (χ3v) is 5.02. The van der Waals surface area contributed by atoms with E-state index in [4.69, 9.17) is 9.47 Å². The van der Waals surface area contributed by atoms with E-state index >= 15 is 0 Å². The Kier molecular flexibility index (Phi) is 6.33. The number of likely N-dealkylation sites (N-methyl/N-ethyl adjacent to an activating group) is 1. The first-order valence-corrected chi connectivity index (χ1v) is 10.3. The Labute approximate surface area is 185 Å². The molecule has 1 amide bonds. The van der Waals surface area contributed by atoms with E-state index in [9.17, 15) is 9.90 Å². The number of anilines is 1. The number of hydrogen-bond donors (Lipinski definition) is 2. The zero-order chi connectivity index (χ0) is 22.7. The minimum Gasteiger partial charge on any atom is -0.491 e. The summed E-state index contributed by atoms with van der Waals surface area (Å²) in [5.74, 6) is 1.26. The largest absolute Gasteiger partial charge is 0.491 e. The Morgan fingerprint density at radius 1 is 1.38 bits per heavy atom. The van der Waals surface area contributed by atoms with Crippen LogP contribution in [0.3, 0.4) is 0 Å². The topological polar surface area (TPSA) is 114 Å². The zero-order valence-electron chi connectivity index (χ0n) is 18.3. The highest BCUT2D eigenvalue weighted by atomic mass is 16.5. The molecule has 0 spiro atoms. The molecule has 3 aromatic rings. The van der Waals surface area contributed by atoms with Crippen LogP contribution >= 0.6 is 0 Å². The fourth-order valence-corrected chi connectivity index (χ4v) is 3.65. The summed E-state index contributed by atoms with van der Waals surface area (Å²) in [5, 5.41) is 14.3. The first kappa shape index (κ1) is 21.7. The average Bonchev–Trinajstić information content (AvgIpc) is 3.28. The summed E-state index contributed by atoms with van der Waals surface area (Å²) in [4.78, 5) is 27.4. The number of nitrogens with zero attached hydrogens (tertiary/aromatic N) is 5. The number of hydrogen-bond acceptors (Lipinski definition) is 8. The molecule has 2 aromatic heterocycles. The van der Waals surface area contributed by atoms with E-state index in [1.165, 1.54) is 13.3 Å². The molecule has 168 valence electrons. The van der Waals surface area contributed by atoms with Crippen molar-refractivity contribution in [1.29, 1.82) is 0 Å². The van der Waals surface area contributed by atoms with Crippen LogP contribution in [-0.4, -0.2) is 77.5 Å². The number of amides is 1. The Balaban J connectivity index is 1.78. The molecule has 10 nitrogen and oxygen atoms in total. The molecular weight excluding hydrogens is 412 g/mol. The Bertz CT molecular complexity index is 1190. The predicted molar refractivity (Wildman–Crippen MR) is 119 cm³/mol. The van der Waals surface area contributed by atoms with E-state index in [-0.39, 0.29) is 12.2 Å². The molecule has 1 aliphatic rings. The molecule has 0 saturated heterocycles. The van der Waals surface area contributed by atoms with Gasteiger partial charge in [-0.3, -0.25) is 14.3 Å². The van der Waals surface area contributed by atoms with Crippen molar-refractivity contribution in [3.63, 3.8) is 0 Å². The molecule has 0 bridgehead atoms. The highest BCUT2D eigenvalue weighted by Gasteiger charge is 2.21. The normalized spacial score (nSPS) is 14.3. The molecule has 3 heterocycles. The second kappa shape index (κ2) is 9.33. The monoisotopic (exact) mass is 438 g/mol. The molecule has 10 heteroatoms. The first-order chi connectivity index (χ1) is 15.5. The molecule has 32 heavy (non-hydrogen) atoms. The van der Waals surface area contributed by atoms with E-state index in [0.29, 0.717) is 42.2 Å². The maximum absolute atomic E-state index is 12.7. The highest BCUT2D eigenvalue weighted by Crippen LogP contribution is 2.37. The Morgan fingerprint density at radius 2 is 2.22 bits per heavy atom. The zero-order valence-corrected chi connectivity index (χ0v) is 18.3. The van der Waals surface area contributed by atoms with Crippen LogP contribution in [0.15, 0.2) is 41.7 Å². The minimum absolute atomic E-state index is 0.106. The predicted octanol–water partition coefficient (Wildman–Crippen LogP) is 0.908. The molecular formula is C22H26N6O4. The average molecular weight is 438 g/mol. The first-order valence-electron chi connectivity index (χ1n) is 10.3. The number of benzene rings is 1. The van der Waals surface area contributed by atoms with Gasteiger partial charge in [0.15, 0.2) is 11.5 Å². The van der Waals surface area contributed by atoms with Crippen LogP contribution in [0.5, 0.6) is 11.5 Å². The van der Waals surface area contributed by atoms with Gasteiger partial charge in [-0.1, -0.05) is 0 Å². The molecule has 0 saturated carbocycles. The molecule has 1 unspecified atom stereocenters. The van der Waals surface area contributed by atoms with Crippen molar-refractivity contribution in [3.8, 4) is 11.5 Å². The Hall–Kier alpha value is -3.50. The van der Waals surface area contributed by atoms with Gasteiger partial charge in [0.05, 0.1) is 12.7 Å². The van der Waals surface area contributed by atoms with Crippen LogP contribution in [0.4, 0.5) is 5.82 Å². The van der Waals surface area contributed by atoms with Gasteiger partial charge in [-0.15, -0.1) is 0 Å². The molecule has 4 rings (SSSR count). The number of nitrogens with one attached hydrogen (secondary N) is 1. The number of pyridine rings is 1. The van der Waals surface area contributed by atoms with Crippen LogP contribution in [0, 0.1) is 0 Å². The van der Waals surface area contributed by atoms with Crippen molar-refractivity contribution in [2.75, 3.05) is 46.2 Å². The number of ether oxygens (including phenoxy) is 2. The van der Waals surface area contributed by atoms with Gasteiger partial charge in [-0.05, 0) is 38.4 Å². The molecule has 0 aliphatic carbocycles. The van der Waals surface area contributed by atoms with Gasteiger partial charge in [-0.2, -0.15) is 4.99 Å². The van der Waals surface area contributed by atoms with Crippen LogP contribution < -0.4 is 20.4 Å². The fraction of sp³-hybridized carbons (Fsp3) is 0.364. The third-order valence-electron chi connectivity index (χ3n) is 5.02. The summed E-state index contributed by atoms with van der Waals surface area (Å²) < 4.78 is 13.3. The van der Waals surface area contributed by atoms with Crippen molar-refractivity contribution in [1.82, 2.24) is 19.4 Å². The summed E-state index contributed by atoms with van der Waals surface area (Å²) in [7, 11) is 5.30. The van der Waals surface area contributed by atoms with Gasteiger partial charge < -0.3 is 24.8 Å². The van der Waals surface area contributed by atoms with E-state index < -0.39 is 12.0 Å². The molecule has 1 atom stereocenters. The van der Waals surface area contributed by atoms with E-state index in [2.05, 4.69) is 20.3 Å². The van der Waals surface area contributed by atoms with Gasteiger partial charge in [0.25, 0.3) is 5.91 Å². The van der Waals surface area contributed by atoms with Crippen LogP contribution in [-0.2, 0) is 6.54 Å². The summed E-state index contributed by atoms with van der Waals surface area (Å²) in [5.41, 5.74) is 1.17. The van der Waals surface area contributed by atoms with Crippen LogP contribution in [0.1, 0.15) is 10.4 Å². The molecule has 1 aromatic carbocycles. The fourth-order valence-electron chi connectivity index (χ4n) is 3.65. The lowest BCUT2D eigenvalue weighted by molar-refractivity contribution is 0.0819. The molecule has 2 N–H and O–H groups in total. The number of fused-ring (bicyclic) bond motifs is 3. The highest BCUT2D eigenvalue weighted by molar-refractivity contribution is 5.96. The van der Waals surface area contributed by atoms with Gasteiger partial charge >= 0.3 is 0 Å². The third kappa shape index (κ3) is 4.41. The van der Waals surface area contributed by atoms with Crippen molar-refractivity contribution >= 4 is 22.6 Å². The number of carbonyl (C=O) groups excluding carboxylic acids is 1.